The molecule has 1 aliphatic rings. The highest BCUT2D eigenvalue weighted by Crippen LogP contribution is 2.53. The van der Waals surface area contributed by atoms with Gasteiger partial charge in [0.25, 0.3) is 0 Å². The van der Waals surface area contributed by atoms with Crippen molar-refractivity contribution >= 4 is 76.6 Å². The number of fused-ring (bicyclic) bond motifs is 5. The maximum absolute atomic E-state index is 9.07. The predicted octanol–water partition coefficient (Wildman–Crippen LogP) is 10.4. The first-order valence-corrected chi connectivity index (χ1v) is 15.0. The Labute approximate surface area is 238 Å². The Hall–Kier alpha value is -4.20. The summed E-state index contributed by atoms with van der Waals surface area (Å²) >= 11 is 5.24. The Bertz CT molecular complexity index is 1970. The van der Waals surface area contributed by atoms with Crippen LogP contribution in [0.5, 0.6) is 0 Å². The fraction of sp³-hybridized carbons (Fsp3) is 0.0909. The molecule has 7 rings (SSSR count). The second-order valence-corrected chi connectivity index (χ2v) is 13.3. The Kier molecular flexibility index (Phi) is 5.47. The van der Waals surface area contributed by atoms with Crippen LogP contribution in [0.1, 0.15) is 29.9 Å². The quantitative estimate of drug-likeness (QED) is 0.204. The molecule has 0 aliphatic carbocycles. The summed E-state index contributed by atoms with van der Waals surface area (Å²) in [5.41, 5.74) is 6.37. The molecule has 0 fully saturated rings. The van der Waals surface area contributed by atoms with Gasteiger partial charge in [-0.25, -0.2) is 0 Å². The summed E-state index contributed by atoms with van der Waals surface area (Å²) in [6, 6.07) is 34.6. The number of allylic oxidation sites excluding steroid dienone is 1. The van der Waals surface area contributed by atoms with E-state index in [1.165, 1.54) is 52.6 Å². The lowest BCUT2D eigenvalue weighted by atomic mass is 9.73. The van der Waals surface area contributed by atoms with E-state index in [0.29, 0.717) is 0 Å². The van der Waals surface area contributed by atoms with E-state index in [9.17, 15) is 0 Å². The number of hydrogen-bond acceptors (Lipinski definition) is 6. The number of nitriles is 2. The van der Waals surface area contributed by atoms with E-state index in [2.05, 4.69) is 97.6 Å². The van der Waals surface area contributed by atoms with E-state index in [1.54, 1.807) is 28.7 Å². The average Bonchev–Trinajstić information content (AvgIpc) is 3.66. The van der Waals surface area contributed by atoms with Crippen molar-refractivity contribution in [3.05, 3.63) is 107 Å². The second-order valence-electron chi connectivity index (χ2n) is 10.1. The van der Waals surface area contributed by atoms with Crippen LogP contribution in [0, 0.1) is 22.7 Å². The number of anilines is 3. The van der Waals surface area contributed by atoms with Crippen molar-refractivity contribution in [1.82, 2.24) is 0 Å². The zero-order valence-corrected chi connectivity index (χ0v) is 23.7. The number of thiophene rings is 3. The average molecular weight is 556 g/mol. The molecule has 3 aromatic carbocycles. The minimum atomic E-state index is -0.0715. The van der Waals surface area contributed by atoms with Crippen molar-refractivity contribution in [2.75, 3.05) is 4.90 Å². The summed E-state index contributed by atoms with van der Waals surface area (Å²) in [4.78, 5) is 5.69. The van der Waals surface area contributed by atoms with Crippen LogP contribution in [0.15, 0.2) is 90.5 Å². The van der Waals surface area contributed by atoms with Crippen molar-refractivity contribution in [2.24, 2.45) is 0 Å². The molecule has 0 spiro atoms. The van der Waals surface area contributed by atoms with Crippen LogP contribution in [0.4, 0.5) is 17.1 Å². The van der Waals surface area contributed by atoms with E-state index in [1.807, 2.05) is 29.5 Å². The summed E-state index contributed by atoms with van der Waals surface area (Å²) in [6.07, 6.45) is 1.65. The van der Waals surface area contributed by atoms with Gasteiger partial charge in [-0.2, -0.15) is 10.5 Å². The molecule has 0 N–H and O–H groups in total. The van der Waals surface area contributed by atoms with Crippen LogP contribution < -0.4 is 4.90 Å². The summed E-state index contributed by atoms with van der Waals surface area (Å²) in [5, 5.41) is 19.4. The molecule has 0 saturated heterocycles. The molecule has 0 amide bonds. The lowest BCUT2D eigenvalue weighted by molar-refractivity contribution is 0.632. The van der Waals surface area contributed by atoms with Gasteiger partial charge in [-0.15, -0.1) is 34.0 Å². The fourth-order valence-electron chi connectivity index (χ4n) is 5.54. The van der Waals surface area contributed by atoms with Crippen LogP contribution in [-0.2, 0) is 5.41 Å². The van der Waals surface area contributed by atoms with Gasteiger partial charge in [0.2, 0.25) is 0 Å². The Balaban J connectivity index is 1.31. The van der Waals surface area contributed by atoms with Gasteiger partial charge < -0.3 is 4.90 Å². The fourth-order valence-corrected chi connectivity index (χ4v) is 9.13. The van der Waals surface area contributed by atoms with Crippen LogP contribution in [-0.4, -0.2) is 0 Å². The first-order valence-electron chi connectivity index (χ1n) is 12.6. The van der Waals surface area contributed by atoms with Crippen molar-refractivity contribution in [2.45, 2.75) is 19.3 Å². The maximum Gasteiger partial charge on any atom is 0.131 e. The predicted molar refractivity (Wildman–Crippen MR) is 167 cm³/mol. The molecule has 6 aromatic rings. The second kappa shape index (κ2) is 8.93. The molecule has 0 unspecified atom stereocenters. The molecule has 0 saturated carbocycles. The normalized spacial score (nSPS) is 13.5. The number of nitrogens with zero attached hydrogens (tertiary/aromatic N) is 3. The molecule has 1 aliphatic heterocycles. The molecule has 186 valence electrons. The summed E-state index contributed by atoms with van der Waals surface area (Å²) in [5.74, 6) is 0. The Morgan fingerprint density at radius 3 is 2.13 bits per heavy atom. The third-order valence-corrected chi connectivity index (χ3v) is 11.0. The monoisotopic (exact) mass is 555 g/mol. The van der Waals surface area contributed by atoms with Crippen molar-refractivity contribution in [3.63, 3.8) is 0 Å². The van der Waals surface area contributed by atoms with E-state index in [4.69, 9.17) is 10.5 Å². The number of hydrogen-bond donors (Lipinski definition) is 0. The summed E-state index contributed by atoms with van der Waals surface area (Å²) in [6.45, 7) is 4.63. The van der Waals surface area contributed by atoms with Crippen molar-refractivity contribution in [1.29, 1.82) is 10.5 Å². The highest BCUT2D eigenvalue weighted by molar-refractivity contribution is 7.35. The first-order chi connectivity index (χ1) is 19.0. The van der Waals surface area contributed by atoms with Gasteiger partial charge in [-0.1, -0.05) is 56.3 Å². The van der Waals surface area contributed by atoms with Gasteiger partial charge in [-0.3, -0.25) is 0 Å². The first kappa shape index (κ1) is 23.9. The van der Waals surface area contributed by atoms with Gasteiger partial charge >= 0.3 is 0 Å². The molecule has 0 bridgehead atoms. The molecule has 0 radical (unpaired) electrons. The van der Waals surface area contributed by atoms with E-state index >= 15 is 0 Å². The molecule has 4 heterocycles. The van der Waals surface area contributed by atoms with Crippen LogP contribution in [0.25, 0.3) is 35.3 Å². The van der Waals surface area contributed by atoms with Crippen molar-refractivity contribution < 1.29 is 0 Å². The molecular weight excluding hydrogens is 535 g/mol. The highest BCUT2D eigenvalue weighted by Gasteiger charge is 2.36. The number of para-hydroxylation sites is 2. The van der Waals surface area contributed by atoms with Crippen LogP contribution in [0.3, 0.4) is 0 Å². The minimum absolute atomic E-state index is 0.0715. The van der Waals surface area contributed by atoms with Gasteiger partial charge in [0.05, 0.1) is 16.1 Å². The third kappa shape index (κ3) is 3.72. The SMILES string of the molecule is CC1(C)c2ccccc2N(c2ccc3c(c2)sc2cc(-c4ccc(C=C(C#N)C#N)s4)sc23)c2ccccc21. The van der Waals surface area contributed by atoms with Gasteiger partial charge in [0.1, 0.15) is 17.7 Å². The van der Waals surface area contributed by atoms with E-state index in [-0.39, 0.29) is 11.0 Å². The lowest BCUT2D eigenvalue weighted by Gasteiger charge is -2.42. The Morgan fingerprint density at radius 2 is 1.44 bits per heavy atom. The number of benzene rings is 3. The maximum atomic E-state index is 9.07. The molecule has 0 atom stereocenters. The zero-order valence-electron chi connectivity index (χ0n) is 21.2. The van der Waals surface area contributed by atoms with Gasteiger partial charge in [-0.05, 0) is 59.7 Å². The lowest BCUT2D eigenvalue weighted by Crippen LogP contribution is -2.30. The highest BCUT2D eigenvalue weighted by atomic mass is 32.1. The van der Waals surface area contributed by atoms with Gasteiger partial charge in [0, 0.05) is 40.5 Å². The number of rotatable bonds is 3. The van der Waals surface area contributed by atoms with Crippen LogP contribution >= 0.6 is 34.0 Å². The third-order valence-electron chi connectivity index (χ3n) is 7.42. The van der Waals surface area contributed by atoms with Gasteiger partial charge in [0.15, 0.2) is 0 Å². The van der Waals surface area contributed by atoms with E-state index in [0.717, 1.165) is 9.75 Å². The minimum Gasteiger partial charge on any atom is -0.310 e. The smallest absolute Gasteiger partial charge is 0.131 e. The summed E-state index contributed by atoms with van der Waals surface area (Å²) in [7, 11) is 0. The van der Waals surface area contributed by atoms with Crippen LogP contribution in [0.2, 0.25) is 0 Å². The molecule has 6 heteroatoms. The molecule has 3 nitrogen and oxygen atoms in total. The molecule has 39 heavy (non-hydrogen) atoms. The van der Waals surface area contributed by atoms with E-state index < -0.39 is 0 Å². The summed E-state index contributed by atoms with van der Waals surface area (Å²) < 4.78 is 3.86. The Morgan fingerprint density at radius 1 is 0.744 bits per heavy atom. The largest absolute Gasteiger partial charge is 0.310 e. The van der Waals surface area contributed by atoms with Crippen molar-refractivity contribution in [3.8, 4) is 21.9 Å². The molecule has 3 aromatic heterocycles. The topological polar surface area (TPSA) is 50.8 Å². The molecular formula is C33H21N3S3. The zero-order chi connectivity index (χ0) is 26.7. The standard InChI is InChI=1S/C33H21N3S3/c1-33(2)24-7-3-5-9-26(24)36(27-10-6-4-8-25(27)33)21-11-13-23-29(16-21)38-31-17-30(39-32(23)31)28-14-12-22(37-28)15-20(18-34)19-35/h3-17H,1-2H3.